The third kappa shape index (κ3) is 4.30. The average molecular weight is 508 g/mol. The normalized spacial score (nSPS) is 22.8. The van der Waals surface area contributed by atoms with Crippen LogP contribution in [0.1, 0.15) is 67.3 Å². The molecule has 0 unspecified atom stereocenters. The number of benzene rings is 2. The summed E-state index contributed by atoms with van der Waals surface area (Å²) in [4.78, 5) is 8.71. The number of ether oxygens (including phenoxy) is 1. The fourth-order valence-corrected chi connectivity index (χ4v) is 5.27. The molecule has 1 aliphatic carbocycles. The van der Waals surface area contributed by atoms with Gasteiger partial charge in [-0.05, 0) is 50.3 Å². The molecule has 3 aromatic rings. The van der Waals surface area contributed by atoms with E-state index in [-0.39, 0.29) is 10.8 Å². The molecule has 5 rings (SSSR count). The summed E-state index contributed by atoms with van der Waals surface area (Å²) in [6.07, 6.45) is -1.17. The highest BCUT2D eigenvalue weighted by molar-refractivity contribution is 6.29. The Balaban J connectivity index is 1.61. The Hall–Kier alpha value is -2.62. The fraction of sp³-hybridized carbons (Fsp3) is 0.440. The van der Waals surface area contributed by atoms with Crippen LogP contribution in [0.25, 0.3) is 10.9 Å². The Kier molecular flexibility index (Phi) is 6.27. The van der Waals surface area contributed by atoms with Crippen molar-refractivity contribution in [1.82, 2.24) is 9.97 Å². The smallest absolute Gasteiger partial charge is 0.266 e. The predicted octanol–water partition coefficient (Wildman–Crippen LogP) is 5.59. The molecule has 0 amide bonds. The maximum atomic E-state index is 14.8. The van der Waals surface area contributed by atoms with Gasteiger partial charge < -0.3 is 20.3 Å². The lowest BCUT2D eigenvalue weighted by Gasteiger charge is -2.35. The zero-order valence-corrected chi connectivity index (χ0v) is 19.7. The molecule has 1 atom stereocenters. The van der Waals surface area contributed by atoms with E-state index in [9.17, 15) is 23.4 Å². The van der Waals surface area contributed by atoms with Crippen LogP contribution in [0.5, 0.6) is 5.75 Å². The number of anilines is 1. The molecule has 1 aromatic heterocycles. The molecule has 2 heterocycles. The van der Waals surface area contributed by atoms with Gasteiger partial charge in [-0.3, -0.25) is 0 Å². The van der Waals surface area contributed by atoms with Gasteiger partial charge >= 0.3 is 0 Å². The second-order valence-electron chi connectivity index (χ2n) is 9.25. The predicted molar refractivity (Wildman–Crippen MR) is 126 cm³/mol. The summed E-state index contributed by atoms with van der Waals surface area (Å²) in [7, 11) is 0. The van der Waals surface area contributed by atoms with Gasteiger partial charge in [-0.2, -0.15) is 0 Å². The summed E-state index contributed by atoms with van der Waals surface area (Å²) >= 11 is 6.23. The van der Waals surface area contributed by atoms with Crippen molar-refractivity contribution in [2.45, 2.75) is 63.2 Å². The number of hydrogen-bond donors (Lipinski definition) is 3. The number of halogens is 4. The molecule has 1 aliphatic heterocycles. The Morgan fingerprint density at radius 2 is 1.91 bits per heavy atom. The van der Waals surface area contributed by atoms with Crippen molar-refractivity contribution in [2.24, 2.45) is 0 Å². The summed E-state index contributed by atoms with van der Waals surface area (Å²) in [5, 5.41) is 25.1. The Labute approximate surface area is 205 Å². The number of alkyl halides is 2. The van der Waals surface area contributed by atoms with Crippen LogP contribution in [-0.2, 0) is 12.0 Å². The van der Waals surface area contributed by atoms with Crippen molar-refractivity contribution in [3.05, 3.63) is 57.6 Å². The highest BCUT2D eigenvalue weighted by atomic mass is 35.5. The minimum atomic E-state index is -2.93. The van der Waals surface area contributed by atoms with Crippen molar-refractivity contribution in [3.63, 3.8) is 0 Å². The molecule has 0 spiro atoms. The maximum absolute atomic E-state index is 14.8. The van der Waals surface area contributed by atoms with E-state index in [1.54, 1.807) is 13.0 Å². The summed E-state index contributed by atoms with van der Waals surface area (Å²) in [5.41, 5.74) is 0.148. The second kappa shape index (κ2) is 9.11. The highest BCUT2D eigenvalue weighted by Crippen LogP contribution is 2.47. The molecular weight excluding hydrogens is 483 g/mol. The molecule has 2 aromatic carbocycles. The summed E-state index contributed by atoms with van der Waals surface area (Å²) in [6, 6.07) is 4.93. The molecule has 0 bridgehead atoms. The quantitative estimate of drug-likeness (QED) is 0.390. The van der Waals surface area contributed by atoms with Gasteiger partial charge in [0.05, 0.1) is 35.4 Å². The van der Waals surface area contributed by atoms with E-state index in [1.807, 2.05) is 0 Å². The van der Waals surface area contributed by atoms with Crippen LogP contribution in [0, 0.1) is 5.82 Å². The summed E-state index contributed by atoms with van der Waals surface area (Å²) in [6.45, 7) is 2.07. The third-order valence-corrected chi connectivity index (χ3v) is 7.18. The van der Waals surface area contributed by atoms with Crippen LogP contribution in [0.3, 0.4) is 0 Å². The Morgan fingerprint density at radius 3 is 2.63 bits per heavy atom. The standard InChI is InChI=1S/C25H25ClF3N3O3/c1-12(14-3-2-4-15(19(14)27)22(28)29)30-23-17-11-18(25(34)8-5-13(33)6-9-25)21-16(7-10-35-21)20(17)31-24(26)32-23/h2-4,11-13,22,33-34H,5-10H2,1H3,(H,30,31,32)/t12-,13?,25?/m1/s1. The molecule has 0 saturated heterocycles. The first-order valence-corrected chi connectivity index (χ1v) is 12.0. The van der Waals surface area contributed by atoms with Gasteiger partial charge in [0, 0.05) is 28.5 Å². The van der Waals surface area contributed by atoms with Gasteiger partial charge in [-0.1, -0.05) is 18.2 Å². The number of hydrogen-bond acceptors (Lipinski definition) is 6. The van der Waals surface area contributed by atoms with E-state index in [0.29, 0.717) is 66.7 Å². The molecule has 1 fully saturated rings. The average Bonchev–Trinajstić information content (AvgIpc) is 3.31. The highest BCUT2D eigenvalue weighted by Gasteiger charge is 2.39. The Morgan fingerprint density at radius 1 is 1.20 bits per heavy atom. The number of nitrogens with one attached hydrogen (secondary N) is 1. The lowest BCUT2D eigenvalue weighted by molar-refractivity contribution is -0.0373. The van der Waals surface area contributed by atoms with Gasteiger partial charge in [0.25, 0.3) is 6.43 Å². The van der Waals surface area contributed by atoms with Crippen LogP contribution in [0.4, 0.5) is 19.0 Å². The number of aromatic nitrogens is 2. The van der Waals surface area contributed by atoms with Crippen molar-refractivity contribution in [1.29, 1.82) is 0 Å². The zero-order chi connectivity index (χ0) is 24.9. The Bertz CT molecular complexity index is 1280. The van der Waals surface area contributed by atoms with Crippen LogP contribution >= 0.6 is 11.6 Å². The molecular formula is C25H25ClF3N3O3. The van der Waals surface area contributed by atoms with Crippen molar-refractivity contribution in [3.8, 4) is 5.75 Å². The molecule has 35 heavy (non-hydrogen) atoms. The number of aliphatic hydroxyl groups excluding tert-OH is 1. The van der Waals surface area contributed by atoms with E-state index in [4.69, 9.17) is 16.3 Å². The second-order valence-corrected chi connectivity index (χ2v) is 9.59. The monoisotopic (exact) mass is 507 g/mol. The van der Waals surface area contributed by atoms with E-state index in [0.717, 1.165) is 11.6 Å². The van der Waals surface area contributed by atoms with Crippen LogP contribution in [-0.4, -0.2) is 32.9 Å². The van der Waals surface area contributed by atoms with E-state index < -0.39 is 35.6 Å². The maximum Gasteiger partial charge on any atom is 0.266 e. The van der Waals surface area contributed by atoms with E-state index in [2.05, 4.69) is 15.3 Å². The first-order valence-electron chi connectivity index (χ1n) is 11.6. The van der Waals surface area contributed by atoms with Gasteiger partial charge in [0.2, 0.25) is 5.28 Å². The number of nitrogens with zero attached hydrogens (tertiary/aromatic N) is 2. The van der Waals surface area contributed by atoms with E-state index in [1.165, 1.54) is 12.1 Å². The van der Waals surface area contributed by atoms with Gasteiger partial charge in [-0.15, -0.1) is 0 Å². The lowest BCUT2D eigenvalue weighted by atomic mass is 9.77. The first kappa shape index (κ1) is 24.1. The molecule has 2 aliphatic rings. The lowest BCUT2D eigenvalue weighted by Crippen LogP contribution is -2.33. The SMILES string of the molecule is C[C@@H](Nc1nc(Cl)nc2c3c(c(C4(O)CCC(O)CC4)cc12)OCC3)c1cccc(C(F)F)c1F. The van der Waals surface area contributed by atoms with Crippen LogP contribution in [0.2, 0.25) is 5.28 Å². The van der Waals surface area contributed by atoms with Crippen molar-refractivity contribution in [2.75, 3.05) is 11.9 Å². The minimum Gasteiger partial charge on any atom is -0.492 e. The molecule has 3 N–H and O–H groups in total. The first-order chi connectivity index (χ1) is 16.7. The fourth-order valence-electron chi connectivity index (χ4n) is 5.10. The van der Waals surface area contributed by atoms with Gasteiger partial charge in [0.1, 0.15) is 17.4 Å². The van der Waals surface area contributed by atoms with E-state index >= 15 is 0 Å². The van der Waals surface area contributed by atoms with Crippen molar-refractivity contribution < 1.29 is 28.1 Å². The molecule has 186 valence electrons. The zero-order valence-electron chi connectivity index (χ0n) is 19.0. The summed E-state index contributed by atoms with van der Waals surface area (Å²) in [5.74, 6) is -0.109. The molecule has 1 saturated carbocycles. The number of aliphatic hydroxyl groups is 2. The number of rotatable bonds is 5. The molecule has 10 heteroatoms. The van der Waals surface area contributed by atoms with Gasteiger partial charge in [0.15, 0.2) is 0 Å². The largest absolute Gasteiger partial charge is 0.492 e. The van der Waals surface area contributed by atoms with Gasteiger partial charge in [-0.25, -0.2) is 23.1 Å². The topological polar surface area (TPSA) is 87.5 Å². The van der Waals surface area contributed by atoms with Crippen LogP contribution in [0.15, 0.2) is 24.3 Å². The van der Waals surface area contributed by atoms with Crippen LogP contribution < -0.4 is 10.1 Å². The molecule has 6 nitrogen and oxygen atoms in total. The summed E-state index contributed by atoms with van der Waals surface area (Å²) < 4.78 is 47.1. The minimum absolute atomic E-state index is 0.0321. The van der Waals surface area contributed by atoms with Crippen molar-refractivity contribution >= 4 is 28.3 Å². The molecule has 0 radical (unpaired) electrons. The number of fused-ring (bicyclic) bond motifs is 3. The third-order valence-electron chi connectivity index (χ3n) is 7.01.